The van der Waals surface area contributed by atoms with E-state index in [4.69, 9.17) is 0 Å². The molecule has 0 saturated carbocycles. The second-order valence-corrected chi connectivity index (χ2v) is 12.5. The lowest BCUT2D eigenvalue weighted by Crippen LogP contribution is -2.50. The first-order chi connectivity index (χ1) is 19.6. The molecule has 41 heavy (non-hydrogen) atoms. The van der Waals surface area contributed by atoms with Crippen LogP contribution < -0.4 is 9.62 Å². The largest absolute Gasteiger partial charge is 0.354 e. The number of carbonyl (C=O) groups excluding carboxylic acids is 2. The zero-order valence-electron chi connectivity index (χ0n) is 24.7. The number of anilines is 1. The van der Waals surface area contributed by atoms with Crippen LogP contribution in [0.25, 0.3) is 0 Å². The van der Waals surface area contributed by atoms with Crippen molar-refractivity contribution in [1.29, 1.82) is 0 Å². The van der Waals surface area contributed by atoms with Gasteiger partial charge in [0.1, 0.15) is 6.04 Å². The van der Waals surface area contributed by atoms with E-state index in [0.29, 0.717) is 25.1 Å². The molecule has 3 rings (SSSR count). The van der Waals surface area contributed by atoms with Gasteiger partial charge < -0.3 is 10.2 Å². The predicted molar refractivity (Wildman–Crippen MR) is 166 cm³/mol. The number of amides is 2. The van der Waals surface area contributed by atoms with Crippen LogP contribution in [0.4, 0.5) is 5.69 Å². The first-order valence-corrected chi connectivity index (χ1v) is 16.1. The van der Waals surface area contributed by atoms with Crippen LogP contribution in [0.2, 0.25) is 0 Å². The minimum atomic E-state index is -3.54. The summed E-state index contributed by atoms with van der Waals surface area (Å²) in [6.07, 6.45) is 3.80. The van der Waals surface area contributed by atoms with Crippen LogP contribution >= 0.6 is 0 Å². The van der Waals surface area contributed by atoms with Gasteiger partial charge in [-0.05, 0) is 49.9 Å². The van der Waals surface area contributed by atoms with E-state index >= 15 is 0 Å². The lowest BCUT2D eigenvalue weighted by molar-refractivity contribution is -0.141. The van der Waals surface area contributed by atoms with Gasteiger partial charge in [-0.15, -0.1) is 0 Å². The fraction of sp³-hybridized carbons (Fsp3) is 0.394. The Bertz CT molecular complexity index is 1360. The molecule has 0 aliphatic carbocycles. The summed E-state index contributed by atoms with van der Waals surface area (Å²) in [6, 6.07) is 24.3. The van der Waals surface area contributed by atoms with Gasteiger partial charge in [0.2, 0.25) is 21.8 Å². The van der Waals surface area contributed by atoms with Crippen LogP contribution in [0.3, 0.4) is 0 Å². The fourth-order valence-electron chi connectivity index (χ4n) is 4.67. The molecule has 1 N–H and O–H groups in total. The van der Waals surface area contributed by atoms with Crippen molar-refractivity contribution in [1.82, 2.24) is 10.2 Å². The molecule has 2 amide bonds. The number of rotatable bonds is 15. The van der Waals surface area contributed by atoms with Gasteiger partial charge >= 0.3 is 0 Å². The smallest absolute Gasteiger partial charge is 0.243 e. The van der Waals surface area contributed by atoms with Crippen LogP contribution in [-0.4, -0.2) is 50.5 Å². The monoisotopic (exact) mass is 577 g/mol. The highest BCUT2D eigenvalue weighted by molar-refractivity contribution is 7.92. The molecular weight excluding hydrogens is 534 g/mol. The molecule has 220 valence electrons. The van der Waals surface area contributed by atoms with Crippen molar-refractivity contribution < 1.29 is 18.0 Å². The van der Waals surface area contributed by atoms with E-state index < -0.39 is 16.1 Å². The predicted octanol–water partition coefficient (Wildman–Crippen LogP) is 5.41. The van der Waals surface area contributed by atoms with Crippen LogP contribution in [-0.2, 0) is 32.6 Å². The van der Waals surface area contributed by atoms with Gasteiger partial charge in [-0.3, -0.25) is 13.9 Å². The van der Waals surface area contributed by atoms with Gasteiger partial charge in [0.05, 0.1) is 11.9 Å². The molecule has 0 aliphatic rings. The average Bonchev–Trinajstić information content (AvgIpc) is 2.94. The number of aryl methyl sites for hydroxylation is 2. The van der Waals surface area contributed by atoms with Crippen molar-refractivity contribution >= 4 is 27.5 Å². The zero-order valence-corrected chi connectivity index (χ0v) is 25.5. The molecule has 0 saturated heterocycles. The minimum absolute atomic E-state index is 0.108. The van der Waals surface area contributed by atoms with Crippen LogP contribution in [0.5, 0.6) is 0 Å². The Balaban J connectivity index is 1.86. The quantitative estimate of drug-likeness (QED) is 0.245. The Kier molecular flexibility index (Phi) is 12.0. The van der Waals surface area contributed by atoms with Crippen molar-refractivity contribution in [3.8, 4) is 0 Å². The van der Waals surface area contributed by atoms with E-state index in [1.165, 1.54) is 10.6 Å². The van der Waals surface area contributed by atoms with Crippen molar-refractivity contribution in [2.45, 2.75) is 65.5 Å². The Labute approximate surface area is 245 Å². The first kappa shape index (κ1) is 31.9. The number of nitrogens with zero attached hydrogens (tertiary/aromatic N) is 2. The fourth-order valence-corrected chi connectivity index (χ4v) is 5.63. The molecule has 0 aliphatic heterocycles. The molecule has 3 aromatic rings. The van der Waals surface area contributed by atoms with Gasteiger partial charge in [0, 0.05) is 32.5 Å². The summed E-state index contributed by atoms with van der Waals surface area (Å²) in [5, 5.41) is 3.03. The summed E-state index contributed by atoms with van der Waals surface area (Å²) in [4.78, 5) is 29.1. The minimum Gasteiger partial charge on any atom is -0.354 e. The van der Waals surface area contributed by atoms with Crippen LogP contribution in [0, 0.1) is 13.8 Å². The number of sulfonamides is 1. The van der Waals surface area contributed by atoms with E-state index in [-0.39, 0.29) is 31.3 Å². The third kappa shape index (κ3) is 10.0. The van der Waals surface area contributed by atoms with Crippen molar-refractivity contribution in [3.05, 3.63) is 101 Å². The van der Waals surface area contributed by atoms with Crippen molar-refractivity contribution in [2.24, 2.45) is 0 Å². The number of hydrogen-bond donors (Lipinski definition) is 1. The van der Waals surface area contributed by atoms with E-state index in [0.717, 1.165) is 35.1 Å². The average molecular weight is 578 g/mol. The molecule has 0 radical (unpaired) electrons. The summed E-state index contributed by atoms with van der Waals surface area (Å²) < 4.78 is 26.5. The summed E-state index contributed by atoms with van der Waals surface area (Å²) in [5.41, 5.74) is 4.61. The van der Waals surface area contributed by atoms with E-state index in [9.17, 15) is 18.0 Å². The number of benzene rings is 3. The first-order valence-electron chi connectivity index (χ1n) is 14.3. The molecule has 7 nitrogen and oxygen atoms in total. The SMILES string of the molecule is CCCCNC(=O)[C@@H](Cc1ccccc1)N(Cc1ccc(C)cc1)C(=O)CCCN(c1ccc(C)cc1)S(C)(=O)=O. The summed E-state index contributed by atoms with van der Waals surface area (Å²) in [7, 11) is -3.54. The highest BCUT2D eigenvalue weighted by atomic mass is 32.2. The Morgan fingerprint density at radius 3 is 2.02 bits per heavy atom. The normalized spacial score (nSPS) is 12.0. The number of unbranched alkanes of at least 4 members (excludes halogenated alkanes) is 1. The molecule has 0 heterocycles. The number of hydrogen-bond acceptors (Lipinski definition) is 4. The maximum absolute atomic E-state index is 13.9. The Hall–Kier alpha value is -3.65. The molecule has 0 fully saturated rings. The summed E-state index contributed by atoms with van der Waals surface area (Å²) >= 11 is 0. The van der Waals surface area contributed by atoms with E-state index in [2.05, 4.69) is 12.2 Å². The van der Waals surface area contributed by atoms with Crippen molar-refractivity contribution in [2.75, 3.05) is 23.7 Å². The maximum atomic E-state index is 13.9. The van der Waals surface area contributed by atoms with Crippen molar-refractivity contribution in [3.63, 3.8) is 0 Å². The van der Waals surface area contributed by atoms with Gasteiger partial charge in [-0.2, -0.15) is 0 Å². The second-order valence-electron chi connectivity index (χ2n) is 10.6. The summed E-state index contributed by atoms with van der Waals surface area (Å²) in [6.45, 7) is 7.02. The highest BCUT2D eigenvalue weighted by Gasteiger charge is 2.30. The molecule has 8 heteroatoms. The Morgan fingerprint density at radius 1 is 0.829 bits per heavy atom. The molecular formula is C33H43N3O4S. The molecule has 0 unspecified atom stereocenters. The zero-order chi connectivity index (χ0) is 29.8. The van der Waals surface area contributed by atoms with Crippen LogP contribution in [0.15, 0.2) is 78.9 Å². The Morgan fingerprint density at radius 2 is 1.44 bits per heavy atom. The third-order valence-corrected chi connectivity index (χ3v) is 8.24. The molecule has 3 aromatic carbocycles. The second kappa shape index (κ2) is 15.4. The molecule has 1 atom stereocenters. The van der Waals surface area contributed by atoms with Crippen LogP contribution in [0.1, 0.15) is 54.9 Å². The lowest BCUT2D eigenvalue weighted by atomic mass is 10.0. The lowest BCUT2D eigenvalue weighted by Gasteiger charge is -2.32. The molecule has 0 bridgehead atoms. The van der Waals surface area contributed by atoms with E-state index in [1.807, 2.05) is 80.6 Å². The third-order valence-electron chi connectivity index (χ3n) is 7.05. The van der Waals surface area contributed by atoms with E-state index in [1.54, 1.807) is 17.0 Å². The maximum Gasteiger partial charge on any atom is 0.243 e. The van der Waals surface area contributed by atoms with Gasteiger partial charge in [-0.1, -0.05) is 91.2 Å². The number of carbonyl (C=O) groups is 2. The summed E-state index contributed by atoms with van der Waals surface area (Å²) in [5.74, 6) is -0.366. The standard InChI is InChI=1S/C33H43N3O4S/c1-5-6-22-34-33(38)31(24-28-11-8-7-9-12-28)35(25-29-18-14-26(2)15-19-29)32(37)13-10-23-36(41(4,39)40)30-20-16-27(3)17-21-30/h7-9,11-12,14-21,31H,5-6,10,13,22-25H2,1-4H3,(H,34,38)/t31-/m1/s1. The molecule has 0 aromatic heterocycles. The highest BCUT2D eigenvalue weighted by Crippen LogP contribution is 2.21. The van der Waals surface area contributed by atoms with Gasteiger partial charge in [0.15, 0.2) is 0 Å². The van der Waals surface area contributed by atoms with Gasteiger partial charge in [0.25, 0.3) is 0 Å². The topological polar surface area (TPSA) is 86.8 Å². The van der Waals surface area contributed by atoms with Gasteiger partial charge in [-0.25, -0.2) is 8.42 Å². The number of nitrogens with one attached hydrogen (secondary N) is 1. The molecule has 0 spiro atoms.